The number of likely N-dealkylation sites (tertiary alicyclic amines) is 1. The SMILES string of the molecule is CS(=O)(=O)c1ccc(-c2csc3c(OC4CCN(Cc5ccccc5)CC4)ncnc23)c(F)c1.CS(=O)(=O)c1ccc(-c2csc3c(OC4CCNCC4)ncnc23)c(F)c1. The zero-order valence-electron chi connectivity index (χ0n) is 33.3. The van der Waals surface area contributed by atoms with Gasteiger partial charge in [-0.05, 0) is 68.6 Å². The molecule has 0 spiro atoms. The summed E-state index contributed by atoms with van der Waals surface area (Å²) in [7, 11) is -6.95. The molecule has 0 bridgehead atoms. The van der Waals surface area contributed by atoms with Gasteiger partial charge in [0.1, 0.15) is 45.9 Å². The molecule has 318 valence electrons. The lowest BCUT2D eigenvalue weighted by molar-refractivity contribution is 0.0946. The lowest BCUT2D eigenvalue weighted by Gasteiger charge is -2.31. The van der Waals surface area contributed by atoms with E-state index in [1.165, 1.54) is 65.2 Å². The number of rotatable bonds is 10. The number of ether oxygens (including phenoxy) is 2. The average molecular weight is 905 g/mol. The van der Waals surface area contributed by atoms with Crippen molar-refractivity contribution in [1.29, 1.82) is 0 Å². The molecule has 0 saturated carbocycles. The van der Waals surface area contributed by atoms with Gasteiger partial charge in [0.2, 0.25) is 11.8 Å². The Morgan fingerprint density at radius 1 is 0.656 bits per heavy atom. The molecule has 2 aliphatic heterocycles. The van der Waals surface area contributed by atoms with E-state index < -0.39 is 31.3 Å². The number of halogens is 2. The molecule has 2 fully saturated rings. The first-order chi connectivity index (χ1) is 29.3. The van der Waals surface area contributed by atoms with Crippen molar-refractivity contribution in [2.75, 3.05) is 38.7 Å². The maximum absolute atomic E-state index is 14.8. The summed E-state index contributed by atoms with van der Waals surface area (Å²) in [6.07, 6.45) is 8.73. The smallest absolute Gasteiger partial charge is 0.235 e. The molecule has 0 unspecified atom stereocenters. The van der Waals surface area contributed by atoms with Crippen LogP contribution in [0.4, 0.5) is 8.78 Å². The van der Waals surface area contributed by atoms with Crippen molar-refractivity contribution in [3.8, 4) is 34.0 Å². The van der Waals surface area contributed by atoms with E-state index in [0.29, 0.717) is 45.0 Å². The van der Waals surface area contributed by atoms with Crippen LogP contribution < -0.4 is 14.8 Å². The van der Waals surface area contributed by atoms with E-state index in [-0.39, 0.29) is 22.0 Å². The van der Waals surface area contributed by atoms with Gasteiger partial charge in [-0.1, -0.05) is 42.5 Å². The second-order valence-corrected chi connectivity index (χ2v) is 20.8. The van der Waals surface area contributed by atoms with E-state index in [2.05, 4.69) is 54.4 Å². The molecule has 18 heteroatoms. The zero-order valence-corrected chi connectivity index (χ0v) is 36.5. The molecule has 7 aromatic rings. The molecule has 2 saturated heterocycles. The highest BCUT2D eigenvalue weighted by Gasteiger charge is 2.25. The average Bonchev–Trinajstić information content (AvgIpc) is 3.88. The molecular formula is C43H42F2N6O6S4. The van der Waals surface area contributed by atoms with E-state index in [9.17, 15) is 25.6 Å². The Kier molecular flexibility index (Phi) is 12.7. The second-order valence-electron chi connectivity index (χ2n) is 15.0. The summed E-state index contributed by atoms with van der Waals surface area (Å²) in [5.74, 6) is -0.182. The van der Waals surface area contributed by atoms with Gasteiger partial charge in [-0.25, -0.2) is 45.6 Å². The van der Waals surface area contributed by atoms with Crippen molar-refractivity contribution in [2.24, 2.45) is 0 Å². The Morgan fingerprint density at radius 2 is 1.13 bits per heavy atom. The molecule has 3 aromatic carbocycles. The number of thiophene rings is 2. The van der Waals surface area contributed by atoms with Crippen molar-refractivity contribution in [1.82, 2.24) is 30.2 Å². The minimum absolute atomic E-state index is 0.0483. The van der Waals surface area contributed by atoms with E-state index in [0.717, 1.165) is 92.5 Å². The van der Waals surface area contributed by atoms with Crippen molar-refractivity contribution < 1.29 is 35.1 Å². The fourth-order valence-electron chi connectivity index (χ4n) is 7.35. The minimum atomic E-state index is -3.48. The Balaban J connectivity index is 0.000000173. The topological polar surface area (TPSA) is 154 Å². The fourth-order valence-corrected chi connectivity index (χ4v) is 10.5. The van der Waals surface area contributed by atoms with Crippen LogP contribution in [0.5, 0.6) is 11.8 Å². The van der Waals surface area contributed by atoms with Gasteiger partial charge in [0.05, 0.1) is 20.8 Å². The number of hydrogen-bond donors (Lipinski definition) is 1. The maximum Gasteiger partial charge on any atom is 0.235 e. The van der Waals surface area contributed by atoms with Crippen LogP contribution in [-0.4, -0.2) is 92.6 Å². The number of aromatic nitrogens is 4. The third-order valence-corrected chi connectivity index (χ3v) is 14.7. The quantitative estimate of drug-likeness (QED) is 0.142. The molecule has 12 nitrogen and oxygen atoms in total. The second kappa shape index (κ2) is 18.2. The summed E-state index contributed by atoms with van der Waals surface area (Å²) in [5.41, 5.74) is 4.32. The first-order valence-electron chi connectivity index (χ1n) is 19.6. The van der Waals surface area contributed by atoms with Crippen molar-refractivity contribution in [3.63, 3.8) is 0 Å². The number of nitrogens with one attached hydrogen (secondary N) is 1. The van der Waals surface area contributed by atoms with Gasteiger partial charge in [0.25, 0.3) is 0 Å². The summed E-state index contributed by atoms with van der Waals surface area (Å²) in [4.78, 5) is 19.6. The van der Waals surface area contributed by atoms with Crippen LogP contribution in [0.15, 0.2) is 99.9 Å². The van der Waals surface area contributed by atoms with Gasteiger partial charge in [0, 0.05) is 65.2 Å². The predicted molar refractivity (Wildman–Crippen MR) is 234 cm³/mol. The highest BCUT2D eigenvalue weighted by molar-refractivity contribution is 7.91. The van der Waals surface area contributed by atoms with Crippen LogP contribution in [0.25, 0.3) is 42.7 Å². The number of piperidine rings is 2. The third kappa shape index (κ3) is 9.90. The molecule has 0 aliphatic carbocycles. The van der Waals surface area contributed by atoms with Crippen molar-refractivity contribution >= 4 is 62.8 Å². The number of fused-ring (bicyclic) bond motifs is 2. The predicted octanol–water partition coefficient (Wildman–Crippen LogP) is 7.98. The summed E-state index contributed by atoms with van der Waals surface area (Å²) in [5, 5.41) is 6.90. The first-order valence-corrected chi connectivity index (χ1v) is 25.1. The van der Waals surface area contributed by atoms with Gasteiger partial charge < -0.3 is 14.8 Å². The molecule has 9 rings (SSSR count). The summed E-state index contributed by atoms with van der Waals surface area (Å²) < 4.78 is 90.0. The lowest BCUT2D eigenvalue weighted by Crippen LogP contribution is -2.37. The van der Waals surface area contributed by atoms with E-state index >= 15 is 0 Å². The number of sulfone groups is 2. The summed E-state index contributed by atoms with van der Waals surface area (Å²) in [6, 6.07) is 18.3. The maximum atomic E-state index is 14.8. The fraction of sp³-hybridized carbons (Fsp3) is 0.302. The highest BCUT2D eigenvalue weighted by Crippen LogP contribution is 2.40. The van der Waals surface area contributed by atoms with Gasteiger partial charge in [-0.3, -0.25) is 4.90 Å². The first kappa shape index (κ1) is 42.7. The van der Waals surface area contributed by atoms with Crippen LogP contribution in [0.2, 0.25) is 0 Å². The molecule has 0 radical (unpaired) electrons. The summed E-state index contributed by atoms with van der Waals surface area (Å²) in [6.45, 7) is 4.64. The van der Waals surface area contributed by atoms with Gasteiger partial charge >= 0.3 is 0 Å². The van der Waals surface area contributed by atoms with Crippen LogP contribution >= 0.6 is 22.7 Å². The number of nitrogens with zero attached hydrogens (tertiary/aromatic N) is 5. The van der Waals surface area contributed by atoms with Crippen molar-refractivity contribution in [2.45, 2.75) is 54.2 Å². The lowest BCUT2D eigenvalue weighted by atomic mass is 10.1. The van der Waals surface area contributed by atoms with E-state index in [1.807, 2.05) is 11.4 Å². The molecule has 2 aliphatic rings. The standard InChI is InChI=1S/C25H24FN3O3S2.C18H18FN3O3S2/c1-34(30,31)19-7-8-20(22(26)13-19)21-15-33-24-23(21)27-16-28-25(24)32-18-9-11-29(12-10-18)14-17-5-3-2-4-6-17;1-27(23,24)12-2-3-13(15(19)8-12)14-9-26-17-16(14)21-10-22-18(17)25-11-4-6-20-7-5-11/h2-8,13,15-16,18H,9-12,14H2,1H3;2-3,8-11,20H,4-7H2,1H3. The van der Waals surface area contributed by atoms with Crippen LogP contribution in [0.3, 0.4) is 0 Å². The number of benzene rings is 3. The van der Waals surface area contributed by atoms with Gasteiger partial charge in [-0.15, -0.1) is 22.7 Å². The highest BCUT2D eigenvalue weighted by atomic mass is 32.2. The zero-order chi connectivity index (χ0) is 42.7. The van der Waals surface area contributed by atoms with Crippen LogP contribution in [-0.2, 0) is 26.2 Å². The van der Waals surface area contributed by atoms with Crippen molar-refractivity contribution in [3.05, 3.63) is 107 Å². The molecule has 0 amide bonds. The monoisotopic (exact) mass is 904 g/mol. The van der Waals surface area contributed by atoms with Crippen LogP contribution in [0.1, 0.15) is 31.2 Å². The Morgan fingerprint density at radius 3 is 1.59 bits per heavy atom. The van der Waals surface area contributed by atoms with E-state index in [1.54, 1.807) is 5.38 Å². The normalized spacial score (nSPS) is 15.7. The molecule has 61 heavy (non-hydrogen) atoms. The molecule has 6 heterocycles. The molecule has 4 aromatic heterocycles. The molecule has 0 atom stereocenters. The van der Waals surface area contributed by atoms with Gasteiger partial charge in [-0.2, -0.15) is 0 Å². The summed E-state index contributed by atoms with van der Waals surface area (Å²) >= 11 is 2.79. The van der Waals surface area contributed by atoms with Crippen LogP contribution in [0, 0.1) is 11.6 Å². The minimum Gasteiger partial charge on any atom is -0.473 e. The molecule has 1 N–H and O–H groups in total. The Labute approximate surface area is 360 Å². The Bertz CT molecular complexity index is 2900. The Hall–Kier alpha value is -4.98. The molecular weight excluding hydrogens is 863 g/mol. The van der Waals surface area contributed by atoms with Gasteiger partial charge in [0.15, 0.2) is 19.7 Å². The van der Waals surface area contributed by atoms with E-state index in [4.69, 9.17) is 9.47 Å². The number of hydrogen-bond acceptors (Lipinski definition) is 14. The largest absolute Gasteiger partial charge is 0.473 e. The third-order valence-electron chi connectivity index (χ3n) is 10.6.